The molecule has 7 heteroatoms. The van der Waals surface area contributed by atoms with E-state index in [1.165, 1.54) is 6.08 Å². The molecule has 4 N–H and O–H groups in total. The van der Waals surface area contributed by atoms with E-state index in [0.717, 1.165) is 0 Å². The van der Waals surface area contributed by atoms with Crippen LogP contribution in [0.15, 0.2) is 12.7 Å². The second-order valence-electron chi connectivity index (χ2n) is 2.73. The van der Waals surface area contributed by atoms with Gasteiger partial charge in [-0.15, -0.1) is 0 Å². The predicted molar refractivity (Wildman–Crippen MR) is 56.2 cm³/mol. The van der Waals surface area contributed by atoms with E-state index in [0.29, 0.717) is 0 Å². The van der Waals surface area contributed by atoms with Gasteiger partial charge >= 0.3 is 5.97 Å². The molecular formula is C9H15N3O4. The van der Waals surface area contributed by atoms with E-state index in [9.17, 15) is 14.4 Å². The molecule has 0 heterocycles. The summed E-state index contributed by atoms with van der Waals surface area (Å²) in [6.45, 7) is 2.81. The number of rotatable bonds is 7. The van der Waals surface area contributed by atoms with Crippen LogP contribution in [0.2, 0.25) is 0 Å². The molecular weight excluding hydrogens is 214 g/mol. The Morgan fingerprint density at radius 3 is 2.38 bits per heavy atom. The fourth-order valence-corrected chi connectivity index (χ4v) is 0.687. The van der Waals surface area contributed by atoms with Crippen molar-refractivity contribution in [1.82, 2.24) is 10.6 Å². The van der Waals surface area contributed by atoms with Gasteiger partial charge in [0.15, 0.2) is 0 Å². The van der Waals surface area contributed by atoms with Crippen molar-refractivity contribution in [2.45, 2.75) is 0 Å². The minimum absolute atomic E-state index is 0.0958. The summed E-state index contributed by atoms with van der Waals surface area (Å²) in [7, 11) is 0. The van der Waals surface area contributed by atoms with Gasteiger partial charge in [0.1, 0.15) is 13.2 Å². The highest BCUT2D eigenvalue weighted by molar-refractivity contribution is 5.87. The normalized spacial score (nSPS) is 9.06. The average molecular weight is 229 g/mol. The second-order valence-corrected chi connectivity index (χ2v) is 2.73. The molecule has 0 saturated heterocycles. The zero-order valence-electron chi connectivity index (χ0n) is 8.82. The molecule has 0 aliphatic heterocycles. The van der Waals surface area contributed by atoms with E-state index in [2.05, 4.69) is 21.9 Å². The first kappa shape index (κ1) is 14.1. The lowest BCUT2D eigenvalue weighted by atomic mass is 10.5. The molecule has 0 saturated carbocycles. The molecule has 2 amide bonds. The molecule has 0 aliphatic rings. The Morgan fingerprint density at radius 1 is 1.19 bits per heavy atom. The Morgan fingerprint density at radius 2 is 1.81 bits per heavy atom. The van der Waals surface area contributed by atoms with Gasteiger partial charge in [0.2, 0.25) is 11.8 Å². The summed E-state index contributed by atoms with van der Waals surface area (Å²) >= 11 is 0. The van der Waals surface area contributed by atoms with Crippen LogP contribution in [0.1, 0.15) is 0 Å². The zero-order valence-corrected chi connectivity index (χ0v) is 8.82. The smallest absolute Gasteiger partial charge is 0.325 e. The highest BCUT2D eigenvalue weighted by Gasteiger charge is 2.06. The van der Waals surface area contributed by atoms with Crippen LogP contribution in [0.5, 0.6) is 0 Å². The summed E-state index contributed by atoms with van der Waals surface area (Å²) in [4.78, 5) is 32.6. The van der Waals surface area contributed by atoms with Crippen LogP contribution in [-0.2, 0) is 19.1 Å². The van der Waals surface area contributed by atoms with Crippen LogP contribution in [0.3, 0.4) is 0 Å². The van der Waals surface area contributed by atoms with E-state index in [-0.39, 0.29) is 26.2 Å². The molecule has 0 aromatic rings. The van der Waals surface area contributed by atoms with Crippen molar-refractivity contribution in [2.24, 2.45) is 5.73 Å². The molecule has 0 aromatic heterocycles. The number of hydrogen-bond acceptors (Lipinski definition) is 5. The van der Waals surface area contributed by atoms with Crippen LogP contribution in [0, 0.1) is 0 Å². The Balaban J connectivity index is 3.60. The second kappa shape index (κ2) is 8.42. The largest absolute Gasteiger partial charge is 0.460 e. The van der Waals surface area contributed by atoms with Gasteiger partial charge in [-0.3, -0.25) is 14.4 Å². The number of esters is 1. The third-order valence-corrected chi connectivity index (χ3v) is 1.42. The lowest BCUT2D eigenvalue weighted by molar-refractivity contribution is -0.142. The summed E-state index contributed by atoms with van der Waals surface area (Å²) in [5.74, 6) is -1.50. The quantitative estimate of drug-likeness (QED) is 0.342. The van der Waals surface area contributed by atoms with Crippen molar-refractivity contribution in [3.8, 4) is 0 Å². The molecule has 0 fully saturated rings. The number of hydrogen-bond donors (Lipinski definition) is 3. The lowest BCUT2D eigenvalue weighted by Crippen LogP contribution is -2.41. The van der Waals surface area contributed by atoms with Crippen LogP contribution in [0.4, 0.5) is 0 Å². The van der Waals surface area contributed by atoms with Gasteiger partial charge in [-0.2, -0.15) is 0 Å². The number of nitrogens with one attached hydrogen (secondary N) is 2. The van der Waals surface area contributed by atoms with Crippen LogP contribution in [0.25, 0.3) is 0 Å². The van der Waals surface area contributed by atoms with E-state index in [1.54, 1.807) is 0 Å². The molecule has 0 spiro atoms. The zero-order chi connectivity index (χ0) is 12.4. The van der Waals surface area contributed by atoms with E-state index in [1.807, 2.05) is 0 Å². The number of amides is 2. The number of ether oxygens (including phenoxy) is 1. The fourth-order valence-electron chi connectivity index (χ4n) is 0.687. The van der Waals surface area contributed by atoms with Gasteiger partial charge in [-0.05, 0) is 0 Å². The minimum atomic E-state index is -0.571. The topological polar surface area (TPSA) is 111 Å². The van der Waals surface area contributed by atoms with Gasteiger partial charge in [-0.25, -0.2) is 0 Å². The number of carbonyl (C=O) groups is 3. The molecule has 0 aliphatic carbocycles. The van der Waals surface area contributed by atoms with Crippen LogP contribution < -0.4 is 16.4 Å². The highest BCUT2D eigenvalue weighted by atomic mass is 16.5. The fraction of sp³-hybridized carbons (Fsp3) is 0.444. The molecule has 0 atom stereocenters. The SMILES string of the molecule is C=CCOC(=O)CNC(=O)CNC(=O)CN. The van der Waals surface area contributed by atoms with Gasteiger partial charge in [-0.1, -0.05) is 12.7 Å². The van der Waals surface area contributed by atoms with Crippen LogP contribution in [-0.4, -0.2) is 44.0 Å². The van der Waals surface area contributed by atoms with Crippen molar-refractivity contribution >= 4 is 17.8 Å². The highest BCUT2D eigenvalue weighted by Crippen LogP contribution is 1.77. The maximum atomic E-state index is 11.0. The summed E-state index contributed by atoms with van der Waals surface area (Å²) in [5, 5.41) is 4.52. The average Bonchev–Trinajstić information content (AvgIpc) is 2.30. The van der Waals surface area contributed by atoms with E-state index in [4.69, 9.17) is 5.73 Å². The minimum Gasteiger partial charge on any atom is -0.460 e. The van der Waals surface area contributed by atoms with Crippen molar-refractivity contribution in [1.29, 1.82) is 0 Å². The molecule has 0 bridgehead atoms. The number of nitrogens with two attached hydrogens (primary N) is 1. The lowest BCUT2D eigenvalue weighted by Gasteiger charge is -2.05. The molecule has 16 heavy (non-hydrogen) atoms. The van der Waals surface area contributed by atoms with Crippen molar-refractivity contribution in [3.05, 3.63) is 12.7 Å². The first-order chi connectivity index (χ1) is 7.60. The van der Waals surface area contributed by atoms with E-state index < -0.39 is 17.8 Å². The molecule has 0 unspecified atom stereocenters. The third kappa shape index (κ3) is 7.51. The Hall–Kier alpha value is -1.89. The van der Waals surface area contributed by atoms with Crippen molar-refractivity contribution < 1.29 is 19.1 Å². The molecule has 0 rings (SSSR count). The molecule has 0 aromatic carbocycles. The van der Waals surface area contributed by atoms with Crippen molar-refractivity contribution in [3.63, 3.8) is 0 Å². The Labute approximate surface area is 93.0 Å². The summed E-state index contributed by atoms with van der Waals surface area (Å²) in [6.07, 6.45) is 1.42. The maximum absolute atomic E-state index is 11.0. The summed E-state index contributed by atoms with van der Waals surface area (Å²) < 4.78 is 4.61. The number of carbonyl (C=O) groups excluding carboxylic acids is 3. The third-order valence-electron chi connectivity index (χ3n) is 1.42. The molecule has 7 nitrogen and oxygen atoms in total. The first-order valence-corrected chi connectivity index (χ1v) is 4.60. The van der Waals surface area contributed by atoms with Gasteiger partial charge in [0, 0.05) is 0 Å². The maximum Gasteiger partial charge on any atom is 0.325 e. The first-order valence-electron chi connectivity index (χ1n) is 4.60. The summed E-state index contributed by atoms with van der Waals surface area (Å²) in [6, 6.07) is 0. The Bertz CT molecular complexity index is 278. The van der Waals surface area contributed by atoms with E-state index >= 15 is 0 Å². The van der Waals surface area contributed by atoms with Gasteiger partial charge in [0.25, 0.3) is 0 Å². The standard InChI is InChI=1S/C9H15N3O4/c1-2-3-16-9(15)6-12-8(14)5-11-7(13)4-10/h2H,1,3-6,10H2,(H,11,13)(H,12,14). The summed E-state index contributed by atoms with van der Waals surface area (Å²) in [5.41, 5.74) is 5.01. The van der Waals surface area contributed by atoms with Gasteiger partial charge in [0.05, 0.1) is 13.1 Å². The van der Waals surface area contributed by atoms with Crippen molar-refractivity contribution in [2.75, 3.05) is 26.2 Å². The van der Waals surface area contributed by atoms with Crippen LogP contribution >= 0.6 is 0 Å². The molecule has 90 valence electrons. The predicted octanol–water partition coefficient (Wildman–Crippen LogP) is -2.09. The Kier molecular flexibility index (Phi) is 7.43. The monoisotopic (exact) mass is 229 g/mol. The van der Waals surface area contributed by atoms with Gasteiger partial charge < -0.3 is 21.1 Å². The molecule has 0 radical (unpaired) electrons.